The Labute approximate surface area is 156 Å². The maximum atomic E-state index is 12.6. The first-order chi connectivity index (χ1) is 12.5. The van der Waals surface area contributed by atoms with Gasteiger partial charge in [-0.3, -0.25) is 19.1 Å². The van der Waals surface area contributed by atoms with Crippen molar-refractivity contribution in [3.63, 3.8) is 0 Å². The van der Waals surface area contributed by atoms with E-state index >= 15 is 0 Å². The highest BCUT2D eigenvalue weighted by Gasteiger charge is 2.25. The molecule has 7 nitrogen and oxygen atoms in total. The van der Waals surface area contributed by atoms with Crippen LogP contribution in [-0.2, 0) is 11.3 Å². The summed E-state index contributed by atoms with van der Waals surface area (Å²) in [6.45, 7) is 4.59. The number of hydrogen-bond donors (Lipinski definition) is 0. The average Bonchev–Trinajstić information content (AvgIpc) is 2.64. The van der Waals surface area contributed by atoms with Crippen LogP contribution in [0.5, 0.6) is 5.75 Å². The molecular weight excluding hydrogens is 356 g/mol. The molecule has 0 aromatic carbocycles. The third-order valence-corrected chi connectivity index (χ3v) is 4.86. The lowest BCUT2D eigenvalue weighted by atomic mass is 10.1. The molecule has 0 bridgehead atoms. The third-order valence-electron chi connectivity index (χ3n) is 4.58. The largest absolute Gasteiger partial charge is 0.487 e. The quantitative estimate of drug-likeness (QED) is 0.815. The number of likely N-dealkylation sites (tertiary alicyclic amines) is 1. The molecule has 0 aliphatic carbocycles. The number of aromatic nitrogens is 3. The minimum Gasteiger partial charge on any atom is -0.487 e. The summed E-state index contributed by atoms with van der Waals surface area (Å²) in [6.07, 6.45) is 6.11. The highest BCUT2D eigenvalue weighted by atomic mass is 35.5. The van der Waals surface area contributed by atoms with Gasteiger partial charge in [0.2, 0.25) is 5.91 Å². The first kappa shape index (κ1) is 18.4. The lowest BCUT2D eigenvalue weighted by Crippen LogP contribution is -2.46. The SMILES string of the molecule is Cc1ncn(CC(=O)N2CCCC(Oc3ccncc3Cl)C2)c(=O)c1C. The number of carbonyl (C=O) groups excluding carboxylic acids is 1. The third kappa shape index (κ3) is 4.04. The van der Waals surface area contributed by atoms with E-state index in [9.17, 15) is 9.59 Å². The fourth-order valence-corrected chi connectivity index (χ4v) is 3.10. The number of amides is 1. The van der Waals surface area contributed by atoms with Gasteiger partial charge in [-0.25, -0.2) is 4.98 Å². The lowest BCUT2D eigenvalue weighted by molar-refractivity contribution is -0.134. The molecule has 1 aliphatic rings. The standard InChI is InChI=1S/C18H21ClN4O3/c1-12-13(2)21-11-23(18(12)25)10-17(24)22-7-3-4-14(9-22)26-16-5-6-20-8-15(16)19/h5-6,8,11,14H,3-4,7,9-10H2,1-2H3. The van der Waals surface area contributed by atoms with Crippen LogP contribution in [0.4, 0.5) is 0 Å². The van der Waals surface area contributed by atoms with Gasteiger partial charge in [-0.1, -0.05) is 11.6 Å². The fourth-order valence-electron chi connectivity index (χ4n) is 2.93. The van der Waals surface area contributed by atoms with Crippen molar-refractivity contribution in [3.8, 4) is 5.75 Å². The van der Waals surface area contributed by atoms with E-state index in [0.717, 1.165) is 12.8 Å². The molecule has 0 spiro atoms. The zero-order valence-electron chi connectivity index (χ0n) is 14.8. The van der Waals surface area contributed by atoms with Gasteiger partial charge in [0.1, 0.15) is 23.4 Å². The molecule has 1 atom stereocenters. The van der Waals surface area contributed by atoms with Crippen molar-refractivity contribution >= 4 is 17.5 Å². The molecule has 1 unspecified atom stereocenters. The number of nitrogens with zero attached hydrogens (tertiary/aromatic N) is 4. The van der Waals surface area contributed by atoms with E-state index in [0.29, 0.717) is 35.1 Å². The van der Waals surface area contributed by atoms with Crippen LogP contribution in [0, 0.1) is 13.8 Å². The Hall–Kier alpha value is -2.41. The molecule has 0 radical (unpaired) electrons. The molecule has 2 aromatic heterocycles. The average molecular weight is 377 g/mol. The Kier molecular flexibility index (Phi) is 5.56. The van der Waals surface area contributed by atoms with Crippen molar-refractivity contribution < 1.29 is 9.53 Å². The number of halogens is 1. The summed E-state index contributed by atoms with van der Waals surface area (Å²) < 4.78 is 7.28. The number of piperidine rings is 1. The molecular formula is C18H21ClN4O3. The zero-order valence-corrected chi connectivity index (χ0v) is 15.6. The van der Waals surface area contributed by atoms with E-state index in [1.54, 1.807) is 31.0 Å². The van der Waals surface area contributed by atoms with Gasteiger partial charge in [0.05, 0.1) is 12.9 Å². The highest BCUT2D eigenvalue weighted by Crippen LogP contribution is 2.25. The molecule has 2 aromatic rings. The summed E-state index contributed by atoms with van der Waals surface area (Å²) in [7, 11) is 0. The monoisotopic (exact) mass is 376 g/mol. The van der Waals surface area contributed by atoms with Crippen molar-refractivity contribution in [2.45, 2.75) is 39.3 Å². The van der Waals surface area contributed by atoms with Gasteiger partial charge in [0, 0.05) is 36.3 Å². The minimum absolute atomic E-state index is 0.0182. The Bertz CT molecular complexity index is 868. The number of rotatable bonds is 4. The Balaban J connectivity index is 1.66. The maximum absolute atomic E-state index is 12.6. The van der Waals surface area contributed by atoms with Crippen molar-refractivity contribution in [1.82, 2.24) is 19.4 Å². The van der Waals surface area contributed by atoms with E-state index < -0.39 is 0 Å². The summed E-state index contributed by atoms with van der Waals surface area (Å²) in [5.74, 6) is 0.446. The van der Waals surface area contributed by atoms with Crippen molar-refractivity contribution in [3.05, 3.63) is 51.4 Å². The van der Waals surface area contributed by atoms with Crippen LogP contribution in [0.15, 0.2) is 29.6 Å². The van der Waals surface area contributed by atoms with Gasteiger partial charge in [-0.05, 0) is 26.7 Å². The van der Waals surface area contributed by atoms with E-state index in [1.807, 2.05) is 0 Å². The van der Waals surface area contributed by atoms with E-state index in [2.05, 4.69) is 9.97 Å². The second kappa shape index (κ2) is 7.86. The van der Waals surface area contributed by atoms with Crippen molar-refractivity contribution in [2.24, 2.45) is 0 Å². The molecule has 1 aliphatic heterocycles. The van der Waals surface area contributed by atoms with Crippen LogP contribution in [-0.4, -0.2) is 44.5 Å². The fraction of sp³-hybridized carbons (Fsp3) is 0.444. The second-order valence-electron chi connectivity index (χ2n) is 6.42. The van der Waals surface area contributed by atoms with Crippen LogP contribution in [0.25, 0.3) is 0 Å². The van der Waals surface area contributed by atoms with Crippen LogP contribution < -0.4 is 10.3 Å². The van der Waals surface area contributed by atoms with Crippen LogP contribution in [0.3, 0.4) is 0 Å². The first-order valence-corrected chi connectivity index (χ1v) is 8.90. The van der Waals surface area contributed by atoms with Crippen molar-refractivity contribution in [1.29, 1.82) is 0 Å². The second-order valence-corrected chi connectivity index (χ2v) is 6.82. The number of ether oxygens (including phenoxy) is 1. The number of pyridine rings is 1. The number of hydrogen-bond acceptors (Lipinski definition) is 5. The van der Waals surface area contributed by atoms with E-state index in [1.165, 1.54) is 17.1 Å². The lowest BCUT2D eigenvalue weighted by Gasteiger charge is -2.33. The molecule has 1 amide bonds. The smallest absolute Gasteiger partial charge is 0.256 e. The number of carbonyl (C=O) groups is 1. The summed E-state index contributed by atoms with van der Waals surface area (Å²) in [4.78, 5) is 34.7. The molecule has 8 heteroatoms. The zero-order chi connectivity index (χ0) is 18.7. The van der Waals surface area contributed by atoms with Gasteiger partial charge >= 0.3 is 0 Å². The van der Waals surface area contributed by atoms with Crippen LogP contribution in [0.1, 0.15) is 24.1 Å². The topological polar surface area (TPSA) is 77.3 Å². The molecule has 138 valence electrons. The molecule has 3 rings (SSSR count). The first-order valence-electron chi connectivity index (χ1n) is 8.52. The predicted octanol–water partition coefficient (Wildman–Crippen LogP) is 1.98. The van der Waals surface area contributed by atoms with Crippen LogP contribution >= 0.6 is 11.6 Å². The predicted molar refractivity (Wildman–Crippen MR) is 97.4 cm³/mol. The molecule has 3 heterocycles. The van der Waals surface area contributed by atoms with Gasteiger partial charge in [-0.2, -0.15) is 0 Å². The molecule has 1 saturated heterocycles. The Morgan fingerprint density at radius 3 is 3.00 bits per heavy atom. The summed E-state index contributed by atoms with van der Waals surface area (Å²) in [5.41, 5.74) is 1.06. The molecule has 0 saturated carbocycles. The molecule has 0 N–H and O–H groups in total. The van der Waals surface area contributed by atoms with E-state index in [4.69, 9.17) is 16.3 Å². The number of aryl methyl sites for hydroxylation is 1. The van der Waals surface area contributed by atoms with Gasteiger partial charge in [0.25, 0.3) is 5.56 Å². The normalized spacial score (nSPS) is 17.2. The summed E-state index contributed by atoms with van der Waals surface area (Å²) >= 11 is 6.08. The Morgan fingerprint density at radius 2 is 2.23 bits per heavy atom. The van der Waals surface area contributed by atoms with E-state index in [-0.39, 0.29) is 24.1 Å². The summed E-state index contributed by atoms with van der Waals surface area (Å²) in [5, 5.41) is 0.448. The van der Waals surface area contributed by atoms with Crippen molar-refractivity contribution in [2.75, 3.05) is 13.1 Å². The van der Waals surface area contributed by atoms with Gasteiger partial charge in [-0.15, -0.1) is 0 Å². The molecule has 26 heavy (non-hydrogen) atoms. The van der Waals surface area contributed by atoms with Crippen LogP contribution in [0.2, 0.25) is 5.02 Å². The van der Waals surface area contributed by atoms with Gasteiger partial charge in [0.15, 0.2) is 0 Å². The molecule has 1 fully saturated rings. The highest BCUT2D eigenvalue weighted by molar-refractivity contribution is 6.31. The van der Waals surface area contributed by atoms with Gasteiger partial charge < -0.3 is 9.64 Å². The minimum atomic E-state index is -0.181. The summed E-state index contributed by atoms with van der Waals surface area (Å²) in [6, 6.07) is 1.71. The maximum Gasteiger partial charge on any atom is 0.256 e. The Morgan fingerprint density at radius 1 is 1.42 bits per heavy atom.